The molecule has 2 nitrogen and oxygen atoms in total. The third-order valence-electron chi connectivity index (χ3n) is 3.59. The highest BCUT2D eigenvalue weighted by Gasteiger charge is 2.25. The molecule has 0 saturated carbocycles. The van der Waals surface area contributed by atoms with Crippen LogP contribution in [0.25, 0.3) is 0 Å². The summed E-state index contributed by atoms with van der Waals surface area (Å²) in [5, 5.41) is 1.74. The summed E-state index contributed by atoms with van der Waals surface area (Å²) < 4.78 is 5.73. The summed E-state index contributed by atoms with van der Waals surface area (Å²) in [6, 6.07) is 4.04. The summed E-state index contributed by atoms with van der Waals surface area (Å²) in [4.78, 5) is 2.31. The Labute approximate surface area is 122 Å². The van der Waals surface area contributed by atoms with Crippen molar-refractivity contribution in [1.82, 2.24) is 4.90 Å². The molecule has 0 fully saturated rings. The van der Waals surface area contributed by atoms with E-state index in [0.29, 0.717) is 0 Å². The third kappa shape index (κ3) is 2.84. The zero-order valence-electron chi connectivity index (χ0n) is 11.1. The van der Waals surface area contributed by atoms with Crippen LogP contribution in [-0.4, -0.2) is 29.4 Å². The lowest BCUT2D eigenvalue weighted by Crippen LogP contribution is -2.42. The van der Waals surface area contributed by atoms with Gasteiger partial charge in [-0.2, -0.15) is 0 Å². The first-order chi connectivity index (χ1) is 8.44. The van der Waals surface area contributed by atoms with Crippen molar-refractivity contribution < 1.29 is 4.74 Å². The van der Waals surface area contributed by atoms with Crippen molar-refractivity contribution in [3.05, 3.63) is 28.3 Å². The predicted molar refractivity (Wildman–Crippen MR) is 80.0 cm³/mol. The highest BCUT2D eigenvalue weighted by molar-refractivity contribution is 9.09. The van der Waals surface area contributed by atoms with E-state index in [1.54, 1.807) is 0 Å². The average Bonchev–Trinajstić information content (AvgIpc) is 2.76. The molecule has 0 aromatic heterocycles. The maximum atomic E-state index is 6.18. The van der Waals surface area contributed by atoms with E-state index in [-0.39, 0.29) is 5.54 Å². The zero-order chi connectivity index (χ0) is 13.3. The highest BCUT2D eigenvalue weighted by Crippen LogP contribution is 2.34. The first-order valence-electron chi connectivity index (χ1n) is 6.15. The van der Waals surface area contributed by atoms with Gasteiger partial charge in [-0.25, -0.2) is 0 Å². The van der Waals surface area contributed by atoms with Crippen molar-refractivity contribution in [3.63, 3.8) is 0 Å². The molecule has 0 unspecified atom stereocenters. The molecule has 0 aliphatic carbocycles. The van der Waals surface area contributed by atoms with Crippen molar-refractivity contribution in [2.45, 2.75) is 32.4 Å². The number of rotatable bonds is 4. The lowest BCUT2D eigenvalue weighted by atomic mass is 10.0. The monoisotopic (exact) mass is 331 g/mol. The Morgan fingerprint density at radius 2 is 2.17 bits per heavy atom. The van der Waals surface area contributed by atoms with Crippen LogP contribution in [0, 0.1) is 0 Å². The maximum absolute atomic E-state index is 6.18. The summed E-state index contributed by atoms with van der Waals surface area (Å²) in [5.41, 5.74) is 2.53. The molecule has 0 N–H and O–H groups in total. The van der Waals surface area contributed by atoms with Gasteiger partial charge in [0.2, 0.25) is 0 Å². The molecule has 1 heterocycles. The van der Waals surface area contributed by atoms with Crippen LogP contribution in [0.2, 0.25) is 5.02 Å². The first-order valence-corrected chi connectivity index (χ1v) is 7.65. The van der Waals surface area contributed by atoms with Gasteiger partial charge in [-0.05, 0) is 38.6 Å². The summed E-state index contributed by atoms with van der Waals surface area (Å²) in [7, 11) is 2.13. The van der Waals surface area contributed by atoms with Crippen LogP contribution in [0.15, 0.2) is 12.1 Å². The van der Waals surface area contributed by atoms with Gasteiger partial charge in [-0.3, -0.25) is 4.90 Å². The Balaban J connectivity index is 2.25. The van der Waals surface area contributed by atoms with Crippen molar-refractivity contribution in [2.75, 3.05) is 19.0 Å². The lowest BCUT2D eigenvalue weighted by molar-refractivity contribution is 0.171. The van der Waals surface area contributed by atoms with Gasteiger partial charge in [-0.1, -0.05) is 27.5 Å². The standard InChI is InChI=1S/C14H19BrClNO/c1-14(2,9-15)17(3)8-11-7-12(16)6-10-4-5-18-13(10)11/h6-7H,4-5,8-9H2,1-3H3. The molecule has 0 radical (unpaired) electrons. The van der Waals surface area contributed by atoms with Crippen molar-refractivity contribution >= 4 is 27.5 Å². The van der Waals surface area contributed by atoms with E-state index in [2.05, 4.69) is 41.7 Å². The summed E-state index contributed by atoms with van der Waals surface area (Å²) in [6.45, 7) is 6.05. The number of hydrogen-bond acceptors (Lipinski definition) is 2. The number of benzene rings is 1. The van der Waals surface area contributed by atoms with Gasteiger partial charge in [0.25, 0.3) is 0 Å². The molecule has 1 aliphatic rings. The van der Waals surface area contributed by atoms with Crippen LogP contribution in [0.3, 0.4) is 0 Å². The van der Waals surface area contributed by atoms with Gasteiger partial charge in [0.15, 0.2) is 0 Å². The zero-order valence-corrected chi connectivity index (χ0v) is 13.4. The van der Waals surface area contributed by atoms with Gasteiger partial charge >= 0.3 is 0 Å². The van der Waals surface area contributed by atoms with Crippen LogP contribution in [-0.2, 0) is 13.0 Å². The Morgan fingerprint density at radius 3 is 2.83 bits per heavy atom. The van der Waals surface area contributed by atoms with Gasteiger partial charge in [0.05, 0.1) is 6.61 Å². The van der Waals surface area contributed by atoms with E-state index in [4.69, 9.17) is 16.3 Å². The first kappa shape index (κ1) is 14.2. The summed E-state index contributed by atoms with van der Waals surface area (Å²) in [6.07, 6.45) is 0.967. The minimum absolute atomic E-state index is 0.105. The second kappa shape index (κ2) is 5.40. The molecule has 2 rings (SSSR count). The topological polar surface area (TPSA) is 12.5 Å². The maximum Gasteiger partial charge on any atom is 0.127 e. The van der Waals surface area contributed by atoms with E-state index in [1.807, 2.05) is 12.1 Å². The van der Waals surface area contributed by atoms with Crippen molar-refractivity contribution in [3.8, 4) is 5.75 Å². The number of alkyl halides is 1. The van der Waals surface area contributed by atoms with Crippen molar-refractivity contribution in [1.29, 1.82) is 0 Å². The molecule has 0 amide bonds. The minimum atomic E-state index is 0.105. The van der Waals surface area contributed by atoms with E-state index in [9.17, 15) is 0 Å². The number of nitrogens with zero attached hydrogens (tertiary/aromatic N) is 1. The largest absolute Gasteiger partial charge is 0.493 e. The molecule has 4 heteroatoms. The fourth-order valence-corrected chi connectivity index (χ4v) is 2.73. The smallest absolute Gasteiger partial charge is 0.127 e. The number of fused-ring (bicyclic) bond motifs is 1. The average molecular weight is 333 g/mol. The molecule has 100 valence electrons. The van der Waals surface area contributed by atoms with E-state index in [0.717, 1.165) is 35.7 Å². The highest BCUT2D eigenvalue weighted by atomic mass is 79.9. The van der Waals surface area contributed by atoms with E-state index in [1.165, 1.54) is 11.1 Å². The molecule has 0 atom stereocenters. The van der Waals surface area contributed by atoms with Gasteiger partial charge in [0.1, 0.15) is 5.75 Å². The Hall–Kier alpha value is -0.250. The van der Waals surface area contributed by atoms with E-state index < -0.39 is 0 Å². The quantitative estimate of drug-likeness (QED) is 0.776. The van der Waals surface area contributed by atoms with Crippen LogP contribution >= 0.6 is 27.5 Å². The van der Waals surface area contributed by atoms with Gasteiger partial charge < -0.3 is 4.74 Å². The molecule has 0 saturated heterocycles. The van der Waals surface area contributed by atoms with Gasteiger partial charge in [0, 0.05) is 34.4 Å². The third-order valence-corrected chi connectivity index (χ3v) is 5.18. The SMILES string of the molecule is CN(Cc1cc(Cl)cc2c1OCC2)C(C)(C)CBr. The van der Waals surface area contributed by atoms with Crippen LogP contribution in [0.1, 0.15) is 25.0 Å². The molecule has 0 spiro atoms. The molecule has 0 bridgehead atoms. The minimum Gasteiger partial charge on any atom is -0.493 e. The number of halogens is 2. The molecule has 1 aromatic rings. The molecule has 1 aliphatic heterocycles. The molecule has 1 aromatic carbocycles. The second-order valence-corrected chi connectivity index (χ2v) is 6.45. The fourth-order valence-electron chi connectivity index (χ4n) is 2.04. The molecule has 18 heavy (non-hydrogen) atoms. The Morgan fingerprint density at radius 1 is 1.44 bits per heavy atom. The number of ether oxygens (including phenoxy) is 1. The normalized spacial score (nSPS) is 14.8. The molecular weight excluding hydrogens is 314 g/mol. The second-order valence-electron chi connectivity index (χ2n) is 5.45. The fraction of sp³-hybridized carbons (Fsp3) is 0.571. The van der Waals surface area contributed by atoms with Crippen LogP contribution < -0.4 is 4.74 Å². The Bertz CT molecular complexity index is 448. The molecular formula is C14H19BrClNO. The lowest BCUT2D eigenvalue weighted by Gasteiger charge is -2.34. The summed E-state index contributed by atoms with van der Waals surface area (Å²) in [5.74, 6) is 1.04. The van der Waals surface area contributed by atoms with Crippen LogP contribution in [0.4, 0.5) is 0 Å². The summed E-state index contributed by atoms with van der Waals surface area (Å²) >= 11 is 9.74. The van der Waals surface area contributed by atoms with Crippen molar-refractivity contribution in [2.24, 2.45) is 0 Å². The number of hydrogen-bond donors (Lipinski definition) is 0. The van der Waals surface area contributed by atoms with E-state index >= 15 is 0 Å². The van der Waals surface area contributed by atoms with Gasteiger partial charge in [-0.15, -0.1) is 0 Å². The predicted octanol–water partition coefficient (Wildman–Crippen LogP) is 3.88. The van der Waals surface area contributed by atoms with Crippen LogP contribution in [0.5, 0.6) is 5.75 Å². The Kier molecular flexibility index (Phi) is 4.25.